The molecule has 1 aromatic rings. The van der Waals surface area contributed by atoms with Gasteiger partial charge in [-0.15, -0.1) is 6.42 Å². The molecule has 1 aliphatic heterocycles. The molecule has 0 aliphatic carbocycles. The highest BCUT2D eigenvalue weighted by Gasteiger charge is 2.42. The summed E-state index contributed by atoms with van der Waals surface area (Å²) in [5, 5.41) is 22.1. The van der Waals surface area contributed by atoms with Gasteiger partial charge in [0.25, 0.3) is 0 Å². The maximum atomic E-state index is 12.2. The summed E-state index contributed by atoms with van der Waals surface area (Å²) in [5.74, 6) is 2.19. The van der Waals surface area contributed by atoms with Crippen LogP contribution in [0.15, 0.2) is 11.0 Å². The molecule has 9 nitrogen and oxygen atoms in total. The van der Waals surface area contributed by atoms with Crippen molar-refractivity contribution in [2.45, 2.75) is 51.2 Å². The molecule has 0 bridgehead atoms. The molecule has 1 aromatic heterocycles. The van der Waals surface area contributed by atoms with Crippen molar-refractivity contribution in [3.8, 4) is 12.3 Å². The largest absolute Gasteiger partial charge is 0.449 e. The Kier molecular flexibility index (Phi) is 6.14. The third-order valence-corrected chi connectivity index (χ3v) is 3.81. The van der Waals surface area contributed by atoms with Crippen LogP contribution in [-0.4, -0.2) is 50.8 Å². The third-order valence-electron chi connectivity index (χ3n) is 3.81. The fourth-order valence-electron chi connectivity index (χ4n) is 2.35. The van der Waals surface area contributed by atoms with Crippen LogP contribution in [0, 0.1) is 12.3 Å². The van der Waals surface area contributed by atoms with E-state index in [0.29, 0.717) is 6.42 Å². The molecule has 0 saturated carbocycles. The number of carbonyl (C=O) groups excluding carboxylic acids is 1. The molecular weight excluding hydrogens is 330 g/mol. The number of anilines is 1. The zero-order chi connectivity index (χ0) is 18.6. The first kappa shape index (κ1) is 18.9. The second-order valence-electron chi connectivity index (χ2n) is 5.66. The minimum Gasteiger partial charge on any atom is -0.449 e. The number of unbranched alkanes of at least 4 members (excludes halogenated alkanes) is 1. The lowest BCUT2D eigenvalue weighted by Crippen LogP contribution is -2.36. The first-order valence-corrected chi connectivity index (χ1v) is 7.94. The first-order chi connectivity index (χ1) is 11.9. The Morgan fingerprint density at radius 3 is 2.80 bits per heavy atom. The predicted octanol–water partition coefficient (Wildman–Crippen LogP) is 0.212. The number of nitrogens with one attached hydrogen (secondary N) is 1. The summed E-state index contributed by atoms with van der Waals surface area (Å²) in [5.41, 5.74) is -0.690. The Labute approximate surface area is 144 Å². The van der Waals surface area contributed by atoms with Crippen molar-refractivity contribution >= 4 is 11.9 Å². The average molecular weight is 351 g/mol. The van der Waals surface area contributed by atoms with Crippen molar-refractivity contribution in [1.29, 1.82) is 0 Å². The number of terminal acetylenes is 1. The first-order valence-electron chi connectivity index (χ1n) is 7.94. The Hall–Kier alpha value is -2.41. The monoisotopic (exact) mass is 351 g/mol. The van der Waals surface area contributed by atoms with Crippen molar-refractivity contribution in [3.05, 3.63) is 22.2 Å². The number of hydrogen-bond donors (Lipinski definition) is 3. The van der Waals surface area contributed by atoms with Crippen molar-refractivity contribution in [2.24, 2.45) is 0 Å². The third kappa shape index (κ3) is 4.17. The van der Waals surface area contributed by atoms with Crippen LogP contribution in [0.4, 0.5) is 10.6 Å². The van der Waals surface area contributed by atoms with Gasteiger partial charge in [-0.25, -0.2) is 9.59 Å². The number of aliphatic hydroxyl groups is 2. The molecule has 9 heteroatoms. The molecule has 0 spiro atoms. The number of carbonyl (C=O) groups is 1. The van der Waals surface area contributed by atoms with Gasteiger partial charge < -0.3 is 19.7 Å². The van der Waals surface area contributed by atoms with Crippen molar-refractivity contribution in [3.63, 3.8) is 0 Å². The quantitative estimate of drug-likeness (QED) is 0.512. The van der Waals surface area contributed by atoms with E-state index in [0.717, 1.165) is 11.0 Å². The topological polar surface area (TPSA) is 123 Å². The summed E-state index contributed by atoms with van der Waals surface area (Å²) in [6.45, 7) is 3.76. The SMILES string of the molecule is C#Cc1cn([C@@H]2O[C@H](C)[C@@H](O)[C@H]2O)c(=O)nc1NC(=O)OCCCC. The molecule has 4 atom stereocenters. The molecule has 2 rings (SSSR count). The van der Waals surface area contributed by atoms with E-state index in [1.165, 1.54) is 6.20 Å². The number of nitrogens with zero attached hydrogens (tertiary/aromatic N) is 2. The lowest BCUT2D eigenvalue weighted by Gasteiger charge is -2.18. The normalized spacial score (nSPS) is 25.4. The maximum absolute atomic E-state index is 12.2. The molecule has 1 aliphatic rings. The highest BCUT2D eigenvalue weighted by Crippen LogP contribution is 2.28. The molecule has 1 fully saturated rings. The van der Waals surface area contributed by atoms with E-state index in [4.69, 9.17) is 15.9 Å². The molecule has 25 heavy (non-hydrogen) atoms. The van der Waals surface area contributed by atoms with E-state index in [1.807, 2.05) is 6.92 Å². The number of rotatable bonds is 5. The molecule has 1 amide bonds. The molecule has 0 aromatic carbocycles. The molecule has 0 unspecified atom stereocenters. The van der Waals surface area contributed by atoms with Gasteiger partial charge in [0.15, 0.2) is 12.0 Å². The molecular formula is C16H21N3O6. The number of aromatic nitrogens is 2. The van der Waals surface area contributed by atoms with Gasteiger partial charge in [0, 0.05) is 6.20 Å². The Morgan fingerprint density at radius 2 is 2.24 bits per heavy atom. The Balaban J connectivity index is 2.23. The van der Waals surface area contributed by atoms with Crippen LogP contribution in [0.3, 0.4) is 0 Å². The van der Waals surface area contributed by atoms with E-state index in [9.17, 15) is 19.8 Å². The van der Waals surface area contributed by atoms with Crippen molar-refractivity contribution in [1.82, 2.24) is 9.55 Å². The van der Waals surface area contributed by atoms with E-state index in [-0.39, 0.29) is 18.0 Å². The number of ether oxygens (including phenoxy) is 2. The highest BCUT2D eigenvalue weighted by atomic mass is 16.6. The summed E-state index contributed by atoms with van der Waals surface area (Å²) >= 11 is 0. The zero-order valence-corrected chi connectivity index (χ0v) is 14.0. The van der Waals surface area contributed by atoms with E-state index < -0.39 is 36.3 Å². The maximum Gasteiger partial charge on any atom is 0.412 e. The summed E-state index contributed by atoms with van der Waals surface area (Å²) in [6.07, 6.45) is 3.21. The second-order valence-corrected chi connectivity index (χ2v) is 5.66. The molecule has 136 valence electrons. The van der Waals surface area contributed by atoms with Gasteiger partial charge in [-0.1, -0.05) is 19.3 Å². The number of hydrogen-bond acceptors (Lipinski definition) is 7. The Bertz CT molecular complexity index is 726. The van der Waals surface area contributed by atoms with Crippen LogP contribution in [0.5, 0.6) is 0 Å². The minimum absolute atomic E-state index is 0.108. The summed E-state index contributed by atoms with van der Waals surface area (Å²) in [4.78, 5) is 27.6. The van der Waals surface area contributed by atoms with Crippen LogP contribution in [-0.2, 0) is 9.47 Å². The van der Waals surface area contributed by atoms with Gasteiger partial charge in [-0.3, -0.25) is 9.88 Å². The lowest BCUT2D eigenvalue weighted by atomic mass is 10.1. The lowest BCUT2D eigenvalue weighted by molar-refractivity contribution is -0.0350. The number of aliphatic hydroxyl groups excluding tert-OH is 2. The van der Waals surface area contributed by atoms with Crippen LogP contribution in [0.2, 0.25) is 0 Å². The smallest absolute Gasteiger partial charge is 0.412 e. The van der Waals surface area contributed by atoms with Gasteiger partial charge in [-0.05, 0) is 13.3 Å². The van der Waals surface area contributed by atoms with E-state index >= 15 is 0 Å². The standard InChI is InChI=1S/C16H21N3O6/c1-4-6-7-24-16(23)18-13-10(5-2)8-19(15(22)17-13)14-12(21)11(20)9(3)25-14/h2,8-9,11-12,14,20-21H,4,6-7H2,1,3H3,(H,17,18,22,23)/t9-,11-,12-,14-/m1/s1. The van der Waals surface area contributed by atoms with Gasteiger partial charge in [0.2, 0.25) is 0 Å². The fourth-order valence-corrected chi connectivity index (χ4v) is 2.35. The fraction of sp³-hybridized carbons (Fsp3) is 0.562. The van der Waals surface area contributed by atoms with E-state index in [2.05, 4.69) is 16.2 Å². The minimum atomic E-state index is -1.31. The van der Waals surface area contributed by atoms with Gasteiger partial charge in [0.1, 0.15) is 12.2 Å². The molecule has 0 radical (unpaired) electrons. The van der Waals surface area contributed by atoms with E-state index in [1.54, 1.807) is 6.92 Å². The zero-order valence-electron chi connectivity index (χ0n) is 14.0. The van der Waals surface area contributed by atoms with Crippen LogP contribution < -0.4 is 11.0 Å². The number of amides is 1. The van der Waals surface area contributed by atoms with Crippen LogP contribution in [0.25, 0.3) is 0 Å². The van der Waals surface area contributed by atoms with Crippen LogP contribution >= 0.6 is 0 Å². The summed E-state index contributed by atoms with van der Waals surface area (Å²) in [6, 6.07) is 0. The molecule has 2 heterocycles. The Morgan fingerprint density at radius 1 is 1.52 bits per heavy atom. The van der Waals surface area contributed by atoms with Crippen LogP contribution in [0.1, 0.15) is 38.5 Å². The molecule has 3 N–H and O–H groups in total. The predicted molar refractivity (Wildman–Crippen MR) is 87.9 cm³/mol. The summed E-state index contributed by atoms with van der Waals surface area (Å²) in [7, 11) is 0. The average Bonchev–Trinajstić information content (AvgIpc) is 2.83. The van der Waals surface area contributed by atoms with Crippen molar-refractivity contribution < 1.29 is 24.5 Å². The van der Waals surface area contributed by atoms with Gasteiger partial charge >= 0.3 is 11.8 Å². The van der Waals surface area contributed by atoms with Crippen molar-refractivity contribution in [2.75, 3.05) is 11.9 Å². The summed E-state index contributed by atoms with van der Waals surface area (Å²) < 4.78 is 11.3. The molecule has 1 saturated heterocycles. The van der Waals surface area contributed by atoms with Gasteiger partial charge in [0.05, 0.1) is 18.3 Å². The highest BCUT2D eigenvalue weighted by molar-refractivity contribution is 5.84. The second kappa shape index (κ2) is 8.11. The van der Waals surface area contributed by atoms with Gasteiger partial charge in [-0.2, -0.15) is 4.98 Å².